The van der Waals surface area contributed by atoms with Gasteiger partial charge >= 0.3 is 0 Å². The van der Waals surface area contributed by atoms with E-state index in [4.69, 9.17) is 0 Å². The van der Waals surface area contributed by atoms with Crippen LogP contribution in [0.3, 0.4) is 0 Å². The van der Waals surface area contributed by atoms with Crippen molar-refractivity contribution in [3.8, 4) is 0 Å². The summed E-state index contributed by atoms with van der Waals surface area (Å²) in [5.74, 6) is -0.122. The number of nitrogens with zero attached hydrogens (tertiary/aromatic N) is 1. The highest BCUT2D eigenvalue weighted by molar-refractivity contribution is 14.1. The number of amides is 1. The summed E-state index contributed by atoms with van der Waals surface area (Å²) in [7, 11) is -3.56. The van der Waals surface area contributed by atoms with Crippen LogP contribution in [0.4, 0.5) is 11.4 Å². The fraction of sp³-hybridized carbons (Fsp3) is 0.150. The van der Waals surface area contributed by atoms with Crippen LogP contribution in [-0.2, 0) is 14.8 Å². The smallest absolute Gasteiger partial charge is 0.265 e. The van der Waals surface area contributed by atoms with Crippen molar-refractivity contribution in [2.75, 3.05) is 16.2 Å². The summed E-state index contributed by atoms with van der Waals surface area (Å²) in [4.78, 5) is 12.5. The Morgan fingerprint density at radius 1 is 1.00 bits per heavy atom. The third-order valence-electron chi connectivity index (χ3n) is 4.57. The minimum atomic E-state index is -3.56. The molecule has 0 unspecified atom stereocenters. The third kappa shape index (κ3) is 3.41. The van der Waals surface area contributed by atoms with Crippen molar-refractivity contribution in [3.05, 3.63) is 64.2 Å². The first-order chi connectivity index (χ1) is 13.0. The topological polar surface area (TPSA) is 66.5 Å². The van der Waals surface area contributed by atoms with Gasteiger partial charge in [-0.3, -0.25) is 9.10 Å². The molecule has 1 aliphatic heterocycles. The Labute approximate surface area is 171 Å². The molecule has 27 heavy (non-hydrogen) atoms. The molecule has 0 spiro atoms. The molecule has 3 aromatic rings. The van der Waals surface area contributed by atoms with E-state index in [-0.39, 0.29) is 18.9 Å². The number of sulfonamides is 1. The largest absolute Gasteiger partial charge is 0.326 e. The molecule has 1 amide bonds. The zero-order valence-corrected chi connectivity index (χ0v) is 17.3. The Balaban J connectivity index is 1.45. The molecule has 0 aliphatic carbocycles. The summed E-state index contributed by atoms with van der Waals surface area (Å²) in [5.41, 5.74) is 1.44. The van der Waals surface area contributed by atoms with Crippen LogP contribution in [0.1, 0.15) is 12.8 Å². The maximum Gasteiger partial charge on any atom is 0.265 e. The van der Waals surface area contributed by atoms with Gasteiger partial charge < -0.3 is 5.32 Å². The molecule has 7 heteroatoms. The quantitative estimate of drug-likeness (QED) is 0.538. The number of rotatable bonds is 5. The molecule has 1 N–H and O–H groups in total. The first kappa shape index (κ1) is 18.2. The van der Waals surface area contributed by atoms with Crippen molar-refractivity contribution in [3.63, 3.8) is 0 Å². The lowest BCUT2D eigenvalue weighted by Gasteiger charge is -2.18. The molecule has 4 rings (SSSR count). The zero-order valence-electron chi connectivity index (χ0n) is 14.4. The normalized spacial score (nSPS) is 14.5. The average molecular weight is 492 g/mol. The van der Waals surface area contributed by atoms with E-state index in [1.54, 1.807) is 12.1 Å². The number of halogens is 1. The number of benzene rings is 3. The van der Waals surface area contributed by atoms with Crippen molar-refractivity contribution in [1.29, 1.82) is 0 Å². The van der Waals surface area contributed by atoms with Crippen LogP contribution in [0.2, 0.25) is 0 Å². The van der Waals surface area contributed by atoms with Gasteiger partial charge in [0.1, 0.15) is 0 Å². The van der Waals surface area contributed by atoms with Gasteiger partial charge in [-0.15, -0.1) is 0 Å². The summed E-state index contributed by atoms with van der Waals surface area (Å²) in [6, 6.07) is 18.5. The number of nitrogens with one attached hydrogen (secondary N) is 1. The van der Waals surface area contributed by atoms with Crippen LogP contribution in [0.25, 0.3) is 10.8 Å². The third-order valence-corrected chi connectivity index (χ3v) is 7.15. The van der Waals surface area contributed by atoms with Crippen LogP contribution in [0.5, 0.6) is 0 Å². The summed E-state index contributed by atoms with van der Waals surface area (Å²) < 4.78 is 28.3. The minimum absolute atomic E-state index is 0.122. The SMILES string of the molecule is O=C(CCCN1c2cccc3cccc(c23)S1(=O)=O)Nc1ccc(I)cc1. The van der Waals surface area contributed by atoms with E-state index in [0.717, 1.165) is 20.0 Å². The number of carbonyl (C=O) groups excluding carboxylic acids is 1. The molecule has 3 aromatic carbocycles. The van der Waals surface area contributed by atoms with Crippen LogP contribution in [0, 0.1) is 3.57 Å². The van der Waals surface area contributed by atoms with Gasteiger partial charge in [0.05, 0.1) is 10.6 Å². The molecule has 1 aliphatic rings. The molecule has 0 saturated heterocycles. The van der Waals surface area contributed by atoms with E-state index in [2.05, 4.69) is 27.9 Å². The first-order valence-electron chi connectivity index (χ1n) is 8.57. The zero-order chi connectivity index (χ0) is 19.0. The number of anilines is 2. The van der Waals surface area contributed by atoms with E-state index < -0.39 is 10.0 Å². The molecule has 0 atom stereocenters. The summed E-state index contributed by atoms with van der Waals surface area (Å²) >= 11 is 2.21. The Kier molecular flexibility index (Phi) is 4.81. The Morgan fingerprint density at radius 2 is 1.70 bits per heavy atom. The molecule has 1 heterocycles. The second-order valence-corrected chi connectivity index (χ2v) is 9.44. The summed E-state index contributed by atoms with van der Waals surface area (Å²) in [5, 5.41) is 4.52. The van der Waals surface area contributed by atoms with Gasteiger partial charge in [-0.1, -0.05) is 24.3 Å². The first-order valence-corrected chi connectivity index (χ1v) is 11.1. The van der Waals surface area contributed by atoms with Crippen molar-refractivity contribution in [2.45, 2.75) is 17.7 Å². The minimum Gasteiger partial charge on any atom is -0.326 e. The van der Waals surface area contributed by atoms with Gasteiger partial charge in [0.15, 0.2) is 0 Å². The Bertz CT molecular complexity index is 1120. The van der Waals surface area contributed by atoms with Crippen molar-refractivity contribution in [1.82, 2.24) is 0 Å². The number of carbonyl (C=O) groups is 1. The van der Waals surface area contributed by atoms with E-state index in [1.807, 2.05) is 48.5 Å². The standard InChI is InChI=1S/C20H17IN2O3S/c21-15-9-11-16(12-10-15)22-19(24)8-3-13-23-17-6-1-4-14-5-2-7-18(20(14)17)27(23,25)26/h1-2,4-7,9-12H,3,8,13H2,(H,22,24). The van der Waals surface area contributed by atoms with Gasteiger partial charge in [-0.2, -0.15) is 0 Å². The van der Waals surface area contributed by atoms with Gasteiger partial charge in [-0.25, -0.2) is 8.42 Å². The van der Waals surface area contributed by atoms with Crippen LogP contribution in [0.15, 0.2) is 65.6 Å². The fourth-order valence-electron chi connectivity index (χ4n) is 3.34. The van der Waals surface area contributed by atoms with E-state index in [1.165, 1.54) is 4.31 Å². The van der Waals surface area contributed by atoms with Crippen LogP contribution < -0.4 is 9.62 Å². The van der Waals surface area contributed by atoms with Gasteiger partial charge in [0.25, 0.3) is 10.0 Å². The van der Waals surface area contributed by atoms with E-state index in [9.17, 15) is 13.2 Å². The van der Waals surface area contributed by atoms with E-state index in [0.29, 0.717) is 17.0 Å². The molecule has 0 saturated carbocycles. The predicted molar refractivity (Wildman–Crippen MR) is 116 cm³/mol. The lowest BCUT2D eigenvalue weighted by atomic mass is 10.1. The lowest BCUT2D eigenvalue weighted by Crippen LogP contribution is -2.28. The van der Waals surface area contributed by atoms with E-state index >= 15 is 0 Å². The van der Waals surface area contributed by atoms with Gasteiger partial charge in [-0.05, 0) is 70.8 Å². The molecule has 138 valence electrons. The maximum atomic E-state index is 12.9. The maximum absolute atomic E-state index is 12.9. The summed E-state index contributed by atoms with van der Waals surface area (Å²) in [6.07, 6.45) is 0.699. The highest BCUT2D eigenvalue weighted by Crippen LogP contribution is 2.41. The molecule has 0 bridgehead atoms. The fourth-order valence-corrected chi connectivity index (χ4v) is 5.45. The Hall–Kier alpha value is -2.13. The van der Waals surface area contributed by atoms with Crippen LogP contribution >= 0.6 is 22.6 Å². The second-order valence-electron chi connectivity index (χ2n) is 6.37. The molecular weight excluding hydrogens is 475 g/mol. The molecule has 0 radical (unpaired) electrons. The van der Waals surface area contributed by atoms with Crippen LogP contribution in [-0.4, -0.2) is 20.9 Å². The number of hydrogen-bond acceptors (Lipinski definition) is 3. The second kappa shape index (κ2) is 7.12. The molecule has 5 nitrogen and oxygen atoms in total. The molecule has 0 fully saturated rings. The van der Waals surface area contributed by atoms with Crippen molar-refractivity contribution in [2.24, 2.45) is 0 Å². The average Bonchev–Trinajstić information content (AvgIpc) is 2.87. The van der Waals surface area contributed by atoms with Crippen molar-refractivity contribution < 1.29 is 13.2 Å². The van der Waals surface area contributed by atoms with Crippen molar-refractivity contribution >= 4 is 60.7 Å². The predicted octanol–water partition coefficient (Wildman–Crippen LogP) is 4.37. The van der Waals surface area contributed by atoms with Gasteiger partial charge in [0, 0.05) is 27.6 Å². The molecular formula is C20H17IN2O3S. The van der Waals surface area contributed by atoms with Gasteiger partial charge in [0.2, 0.25) is 5.91 Å². The summed E-state index contributed by atoms with van der Waals surface area (Å²) in [6.45, 7) is 0.274. The highest BCUT2D eigenvalue weighted by atomic mass is 127. The highest BCUT2D eigenvalue weighted by Gasteiger charge is 2.34. The lowest BCUT2D eigenvalue weighted by molar-refractivity contribution is -0.116. The monoisotopic (exact) mass is 492 g/mol. The number of hydrogen-bond donors (Lipinski definition) is 1. The molecule has 0 aromatic heterocycles. The Morgan fingerprint density at radius 3 is 2.44 bits per heavy atom.